The van der Waals surface area contributed by atoms with Gasteiger partial charge in [0.1, 0.15) is 5.60 Å². The van der Waals surface area contributed by atoms with Crippen LogP contribution < -0.4 is 5.84 Å². The van der Waals surface area contributed by atoms with Crippen LogP contribution >= 0.6 is 0 Å². The molecule has 1 atom stereocenters. The molecule has 142 valence electrons. The van der Waals surface area contributed by atoms with Crippen molar-refractivity contribution in [2.24, 2.45) is 15.9 Å². The Morgan fingerprint density at radius 1 is 1.24 bits per heavy atom. The average molecular weight is 354 g/mol. The van der Waals surface area contributed by atoms with Gasteiger partial charge in [-0.25, -0.2) is 9.59 Å². The number of esters is 1. The average Bonchev–Trinajstić information content (AvgIpc) is 2.72. The van der Waals surface area contributed by atoms with Crippen LogP contribution in [0.25, 0.3) is 0 Å². The summed E-state index contributed by atoms with van der Waals surface area (Å²) in [7, 11) is 0. The van der Waals surface area contributed by atoms with Gasteiger partial charge in [-0.2, -0.15) is 5.10 Å². The molecule has 0 aromatic carbocycles. The van der Waals surface area contributed by atoms with Gasteiger partial charge in [0.15, 0.2) is 5.71 Å². The zero-order chi connectivity index (χ0) is 19.0. The Balaban J connectivity index is 2.70. The summed E-state index contributed by atoms with van der Waals surface area (Å²) in [6, 6.07) is -0.00128. The summed E-state index contributed by atoms with van der Waals surface area (Å²) in [5.41, 5.74) is -0.0179. The number of ether oxygens (including phenoxy) is 2. The Bertz CT molecular complexity index is 537. The van der Waals surface area contributed by atoms with E-state index in [-0.39, 0.29) is 24.5 Å². The maximum Gasteiger partial charge on any atom is 0.410 e. The highest BCUT2D eigenvalue weighted by molar-refractivity contribution is 6.65. The molecule has 1 rings (SSSR count). The van der Waals surface area contributed by atoms with Crippen molar-refractivity contribution >= 4 is 23.5 Å². The van der Waals surface area contributed by atoms with E-state index in [1.165, 1.54) is 0 Å². The molecule has 1 saturated heterocycles. The highest BCUT2D eigenvalue weighted by Gasteiger charge is 2.25. The summed E-state index contributed by atoms with van der Waals surface area (Å²) in [4.78, 5) is 30.3. The maximum absolute atomic E-state index is 12.2. The van der Waals surface area contributed by atoms with Crippen molar-refractivity contribution in [1.82, 2.24) is 4.90 Å². The van der Waals surface area contributed by atoms with E-state index in [1.54, 1.807) is 18.7 Å². The van der Waals surface area contributed by atoms with Gasteiger partial charge in [0.2, 0.25) is 0 Å². The summed E-state index contributed by atoms with van der Waals surface area (Å²) >= 11 is 0. The van der Waals surface area contributed by atoms with E-state index in [9.17, 15) is 9.59 Å². The first-order valence-electron chi connectivity index (χ1n) is 8.65. The van der Waals surface area contributed by atoms with Gasteiger partial charge < -0.3 is 20.2 Å². The number of hydrazone groups is 1. The van der Waals surface area contributed by atoms with E-state index >= 15 is 0 Å². The Kier molecular flexibility index (Phi) is 7.86. The minimum Gasteiger partial charge on any atom is -0.461 e. The van der Waals surface area contributed by atoms with Crippen LogP contribution in [0.15, 0.2) is 10.1 Å². The number of hydrogen-bond acceptors (Lipinski definition) is 7. The number of carbonyl (C=O) groups is 2. The van der Waals surface area contributed by atoms with Crippen LogP contribution in [0.1, 0.15) is 53.9 Å². The zero-order valence-corrected chi connectivity index (χ0v) is 15.9. The van der Waals surface area contributed by atoms with E-state index in [1.807, 2.05) is 20.8 Å². The molecular weight excluding hydrogens is 324 g/mol. The van der Waals surface area contributed by atoms with Crippen LogP contribution in [0.5, 0.6) is 0 Å². The van der Waals surface area contributed by atoms with Gasteiger partial charge in [-0.15, -0.1) is 0 Å². The van der Waals surface area contributed by atoms with Crippen molar-refractivity contribution in [3.8, 4) is 0 Å². The Morgan fingerprint density at radius 2 is 1.92 bits per heavy atom. The summed E-state index contributed by atoms with van der Waals surface area (Å²) in [5, 5.41) is 3.51. The lowest BCUT2D eigenvalue weighted by atomic mass is 10.1. The van der Waals surface area contributed by atoms with Crippen molar-refractivity contribution in [2.75, 3.05) is 19.7 Å². The van der Waals surface area contributed by atoms with Crippen LogP contribution in [-0.2, 0) is 14.3 Å². The van der Waals surface area contributed by atoms with Gasteiger partial charge >= 0.3 is 12.1 Å². The third kappa shape index (κ3) is 7.11. The molecule has 0 spiro atoms. The highest BCUT2D eigenvalue weighted by atomic mass is 16.6. The molecule has 1 aliphatic heterocycles. The molecule has 1 amide bonds. The first-order valence-corrected chi connectivity index (χ1v) is 8.65. The highest BCUT2D eigenvalue weighted by Crippen LogP contribution is 2.17. The minimum atomic E-state index is -0.574. The SMILES string of the molecule is CCOC(=O)/C(=N/N)C(C)=NC1CCCN(C(=O)OC(C)(C)C)CC1. The van der Waals surface area contributed by atoms with Crippen molar-refractivity contribution in [3.05, 3.63) is 0 Å². The Labute approximate surface area is 149 Å². The van der Waals surface area contributed by atoms with Gasteiger partial charge in [0, 0.05) is 13.1 Å². The maximum atomic E-state index is 12.2. The van der Waals surface area contributed by atoms with Crippen molar-refractivity contribution in [2.45, 2.75) is 65.5 Å². The first kappa shape index (κ1) is 20.9. The molecule has 1 unspecified atom stereocenters. The zero-order valence-electron chi connectivity index (χ0n) is 15.9. The largest absolute Gasteiger partial charge is 0.461 e. The lowest BCUT2D eigenvalue weighted by Gasteiger charge is -2.26. The van der Waals surface area contributed by atoms with Crippen LogP contribution in [-0.4, -0.2) is 59.7 Å². The topological polar surface area (TPSA) is 107 Å². The minimum absolute atomic E-state index is 0.00128. The third-order valence-corrected chi connectivity index (χ3v) is 3.67. The van der Waals surface area contributed by atoms with Gasteiger partial charge in [-0.05, 0) is 53.9 Å². The number of nitrogens with zero attached hydrogens (tertiary/aromatic N) is 3. The summed E-state index contributed by atoms with van der Waals surface area (Å²) < 4.78 is 10.3. The fourth-order valence-corrected chi connectivity index (χ4v) is 2.55. The smallest absolute Gasteiger partial charge is 0.410 e. The molecule has 1 fully saturated rings. The van der Waals surface area contributed by atoms with Crippen LogP contribution in [0, 0.1) is 0 Å². The molecule has 0 radical (unpaired) electrons. The normalized spacial score (nSPS) is 20.0. The Hall–Kier alpha value is -2.12. The molecule has 0 aromatic heterocycles. The third-order valence-electron chi connectivity index (χ3n) is 3.67. The predicted molar refractivity (Wildman–Crippen MR) is 96.8 cm³/mol. The van der Waals surface area contributed by atoms with Crippen LogP contribution in [0.3, 0.4) is 0 Å². The quantitative estimate of drug-likeness (QED) is 0.360. The number of amides is 1. The van der Waals surface area contributed by atoms with Crippen LogP contribution in [0.4, 0.5) is 4.79 Å². The second kappa shape index (κ2) is 9.39. The molecule has 0 bridgehead atoms. The van der Waals surface area contributed by atoms with E-state index in [2.05, 4.69) is 10.1 Å². The number of carbonyl (C=O) groups excluding carboxylic acids is 2. The van der Waals surface area contributed by atoms with E-state index < -0.39 is 11.6 Å². The van der Waals surface area contributed by atoms with E-state index in [0.717, 1.165) is 12.8 Å². The fourth-order valence-electron chi connectivity index (χ4n) is 2.55. The molecule has 1 aliphatic rings. The second-order valence-electron chi connectivity index (χ2n) is 6.96. The molecule has 0 aliphatic carbocycles. The fraction of sp³-hybridized carbons (Fsp3) is 0.765. The molecule has 0 saturated carbocycles. The summed E-state index contributed by atoms with van der Waals surface area (Å²) in [6.45, 7) is 10.4. The molecule has 8 nitrogen and oxygen atoms in total. The van der Waals surface area contributed by atoms with Crippen molar-refractivity contribution < 1.29 is 19.1 Å². The number of hydrogen-bond donors (Lipinski definition) is 1. The van der Waals surface area contributed by atoms with E-state index in [0.29, 0.717) is 25.2 Å². The molecule has 8 heteroatoms. The summed E-state index contributed by atoms with van der Waals surface area (Å²) in [6.07, 6.45) is 2.02. The molecular formula is C17H30N4O4. The van der Waals surface area contributed by atoms with Gasteiger partial charge in [-0.1, -0.05) is 0 Å². The lowest BCUT2D eigenvalue weighted by Crippen LogP contribution is -2.37. The van der Waals surface area contributed by atoms with Gasteiger partial charge in [0.25, 0.3) is 0 Å². The molecule has 2 N–H and O–H groups in total. The standard InChI is InChI=1S/C17H30N4O4/c1-6-24-15(22)14(20-18)12(2)19-13-8-7-10-21(11-9-13)16(23)25-17(3,4)5/h13H,6-11,18H2,1-5H3/b19-12?,20-14+. The lowest BCUT2D eigenvalue weighted by molar-refractivity contribution is -0.134. The van der Waals surface area contributed by atoms with Gasteiger partial charge in [0.05, 0.1) is 18.4 Å². The Morgan fingerprint density at radius 3 is 2.48 bits per heavy atom. The predicted octanol–water partition coefficient (Wildman–Crippen LogP) is 2.11. The van der Waals surface area contributed by atoms with Crippen LogP contribution in [0.2, 0.25) is 0 Å². The van der Waals surface area contributed by atoms with Crippen molar-refractivity contribution in [1.29, 1.82) is 0 Å². The second-order valence-corrected chi connectivity index (χ2v) is 6.96. The number of aliphatic imine (C=N–C) groups is 1. The molecule has 25 heavy (non-hydrogen) atoms. The summed E-state index contributed by atoms with van der Waals surface area (Å²) in [5.74, 6) is 4.72. The van der Waals surface area contributed by atoms with Gasteiger partial charge in [-0.3, -0.25) is 4.99 Å². The monoisotopic (exact) mass is 354 g/mol. The van der Waals surface area contributed by atoms with Crippen molar-refractivity contribution in [3.63, 3.8) is 0 Å². The number of likely N-dealkylation sites (tertiary alicyclic amines) is 1. The first-order chi connectivity index (χ1) is 11.7. The molecule has 1 heterocycles. The number of rotatable bonds is 4. The van der Waals surface area contributed by atoms with E-state index in [4.69, 9.17) is 15.3 Å². The molecule has 0 aromatic rings. The number of nitrogens with two attached hydrogens (primary N) is 1.